The fourth-order valence-electron chi connectivity index (χ4n) is 2.26. The van der Waals surface area contributed by atoms with Crippen LogP contribution in [0.15, 0.2) is 6.33 Å². The van der Waals surface area contributed by atoms with Gasteiger partial charge in [0.2, 0.25) is 0 Å². The van der Waals surface area contributed by atoms with Crippen molar-refractivity contribution in [1.82, 2.24) is 14.8 Å². The Morgan fingerprint density at radius 3 is 2.76 bits per heavy atom. The SMILES string of the molecule is CC(C)n1ncnc1COC1CCC(N)CC1. The van der Waals surface area contributed by atoms with Crippen LogP contribution in [0.4, 0.5) is 0 Å². The highest BCUT2D eigenvalue weighted by Gasteiger charge is 2.19. The maximum atomic E-state index is 5.89. The standard InChI is InChI=1S/C12H22N4O/c1-9(2)16-12(14-8-15-16)7-17-11-5-3-10(13)4-6-11/h8-11H,3-7,13H2,1-2H3. The third kappa shape index (κ3) is 3.26. The highest BCUT2D eigenvalue weighted by molar-refractivity contribution is 4.84. The Labute approximate surface area is 102 Å². The van der Waals surface area contributed by atoms with E-state index in [0.29, 0.717) is 24.8 Å². The Balaban J connectivity index is 1.83. The van der Waals surface area contributed by atoms with Crippen LogP contribution in [0.3, 0.4) is 0 Å². The van der Waals surface area contributed by atoms with E-state index < -0.39 is 0 Å². The van der Waals surface area contributed by atoms with Crippen LogP contribution in [0.2, 0.25) is 0 Å². The van der Waals surface area contributed by atoms with E-state index in [0.717, 1.165) is 31.5 Å². The maximum Gasteiger partial charge on any atom is 0.153 e. The third-order valence-electron chi connectivity index (χ3n) is 3.30. The molecule has 0 spiro atoms. The van der Waals surface area contributed by atoms with Crippen LogP contribution >= 0.6 is 0 Å². The first-order valence-electron chi connectivity index (χ1n) is 6.42. The number of ether oxygens (including phenoxy) is 1. The second-order valence-corrected chi connectivity index (χ2v) is 5.06. The van der Waals surface area contributed by atoms with E-state index in [1.165, 1.54) is 0 Å². The molecule has 1 aliphatic carbocycles. The number of aromatic nitrogens is 3. The lowest BCUT2D eigenvalue weighted by molar-refractivity contribution is 0.00852. The summed E-state index contributed by atoms with van der Waals surface area (Å²) in [4.78, 5) is 4.24. The molecular weight excluding hydrogens is 216 g/mol. The molecule has 17 heavy (non-hydrogen) atoms. The van der Waals surface area contributed by atoms with Crippen molar-refractivity contribution < 1.29 is 4.74 Å². The minimum Gasteiger partial charge on any atom is -0.370 e. The van der Waals surface area contributed by atoms with Gasteiger partial charge in [-0.05, 0) is 39.5 Å². The van der Waals surface area contributed by atoms with Gasteiger partial charge >= 0.3 is 0 Å². The smallest absolute Gasteiger partial charge is 0.153 e. The molecule has 0 aromatic carbocycles. The van der Waals surface area contributed by atoms with Gasteiger partial charge in [-0.2, -0.15) is 5.10 Å². The van der Waals surface area contributed by atoms with E-state index in [1.54, 1.807) is 6.33 Å². The second kappa shape index (κ2) is 5.60. The van der Waals surface area contributed by atoms with E-state index in [2.05, 4.69) is 23.9 Å². The second-order valence-electron chi connectivity index (χ2n) is 5.06. The van der Waals surface area contributed by atoms with Crippen molar-refractivity contribution in [3.63, 3.8) is 0 Å². The molecule has 1 heterocycles. The third-order valence-corrected chi connectivity index (χ3v) is 3.30. The highest BCUT2D eigenvalue weighted by atomic mass is 16.5. The topological polar surface area (TPSA) is 66.0 Å². The van der Waals surface area contributed by atoms with Gasteiger partial charge in [-0.1, -0.05) is 0 Å². The van der Waals surface area contributed by atoms with E-state index >= 15 is 0 Å². The number of nitrogens with two attached hydrogens (primary N) is 1. The van der Waals surface area contributed by atoms with Crippen LogP contribution in [0.25, 0.3) is 0 Å². The zero-order valence-corrected chi connectivity index (χ0v) is 10.7. The Morgan fingerprint density at radius 1 is 1.41 bits per heavy atom. The van der Waals surface area contributed by atoms with Crippen molar-refractivity contribution in [1.29, 1.82) is 0 Å². The average Bonchev–Trinajstić information content (AvgIpc) is 2.76. The fraction of sp³-hybridized carbons (Fsp3) is 0.833. The molecule has 2 rings (SSSR count). The zero-order chi connectivity index (χ0) is 12.3. The van der Waals surface area contributed by atoms with E-state index in [1.807, 2.05) is 4.68 Å². The van der Waals surface area contributed by atoms with Crippen molar-refractivity contribution in [3.05, 3.63) is 12.2 Å². The lowest BCUT2D eigenvalue weighted by Gasteiger charge is -2.26. The quantitative estimate of drug-likeness (QED) is 0.866. The molecule has 0 aliphatic heterocycles. The summed E-state index contributed by atoms with van der Waals surface area (Å²) in [5.41, 5.74) is 5.87. The molecule has 0 amide bonds. The molecule has 2 N–H and O–H groups in total. The summed E-state index contributed by atoms with van der Waals surface area (Å²) in [5.74, 6) is 0.912. The number of rotatable bonds is 4. The van der Waals surface area contributed by atoms with Crippen LogP contribution in [-0.2, 0) is 11.3 Å². The lowest BCUT2D eigenvalue weighted by atomic mass is 9.94. The predicted octanol–water partition coefficient (Wildman–Crippen LogP) is 1.65. The zero-order valence-electron chi connectivity index (χ0n) is 10.7. The minimum atomic E-state index is 0.330. The van der Waals surface area contributed by atoms with Gasteiger partial charge in [0.25, 0.3) is 0 Å². The molecular formula is C12H22N4O. The van der Waals surface area contributed by atoms with Gasteiger partial charge in [0.15, 0.2) is 5.82 Å². The molecule has 0 atom stereocenters. The number of hydrogen-bond donors (Lipinski definition) is 1. The summed E-state index contributed by atoms with van der Waals surface area (Å²) < 4.78 is 7.80. The van der Waals surface area contributed by atoms with E-state index in [4.69, 9.17) is 10.5 Å². The van der Waals surface area contributed by atoms with Crippen molar-refractivity contribution in [3.8, 4) is 0 Å². The summed E-state index contributed by atoms with van der Waals surface area (Å²) in [6, 6.07) is 0.699. The molecule has 1 aliphatic rings. The minimum absolute atomic E-state index is 0.330. The summed E-state index contributed by atoms with van der Waals surface area (Å²) in [6.45, 7) is 4.74. The molecule has 0 unspecified atom stereocenters. The number of nitrogens with zero attached hydrogens (tertiary/aromatic N) is 3. The van der Waals surface area contributed by atoms with Gasteiger partial charge in [-0.25, -0.2) is 9.67 Å². The Kier molecular flexibility index (Phi) is 4.12. The van der Waals surface area contributed by atoms with Gasteiger partial charge in [-0.15, -0.1) is 0 Å². The van der Waals surface area contributed by atoms with Crippen molar-refractivity contribution in [2.45, 2.75) is 64.3 Å². The van der Waals surface area contributed by atoms with E-state index in [9.17, 15) is 0 Å². The van der Waals surface area contributed by atoms with Gasteiger partial charge in [0, 0.05) is 12.1 Å². The maximum absolute atomic E-state index is 5.89. The first-order valence-corrected chi connectivity index (χ1v) is 6.42. The van der Waals surface area contributed by atoms with Crippen molar-refractivity contribution >= 4 is 0 Å². The summed E-state index contributed by atoms with van der Waals surface area (Å²) in [5, 5.41) is 4.20. The molecule has 0 saturated heterocycles. The van der Waals surface area contributed by atoms with Gasteiger partial charge < -0.3 is 10.5 Å². The van der Waals surface area contributed by atoms with Crippen LogP contribution < -0.4 is 5.73 Å². The molecule has 0 bridgehead atoms. The lowest BCUT2D eigenvalue weighted by Crippen LogP contribution is -2.30. The number of hydrogen-bond acceptors (Lipinski definition) is 4. The molecule has 5 nitrogen and oxygen atoms in total. The predicted molar refractivity (Wildman–Crippen MR) is 65.4 cm³/mol. The Hall–Kier alpha value is -0.940. The average molecular weight is 238 g/mol. The van der Waals surface area contributed by atoms with Crippen LogP contribution in [0, 0.1) is 0 Å². The van der Waals surface area contributed by atoms with Crippen LogP contribution in [-0.4, -0.2) is 26.9 Å². The van der Waals surface area contributed by atoms with Crippen molar-refractivity contribution in [2.24, 2.45) is 5.73 Å². The summed E-state index contributed by atoms with van der Waals surface area (Å²) in [6.07, 6.45) is 6.21. The Bertz CT molecular complexity index is 342. The van der Waals surface area contributed by atoms with Crippen LogP contribution in [0.5, 0.6) is 0 Å². The van der Waals surface area contributed by atoms with Crippen LogP contribution in [0.1, 0.15) is 51.4 Å². The normalized spacial score (nSPS) is 25.4. The molecule has 1 aromatic rings. The Morgan fingerprint density at radius 2 is 2.12 bits per heavy atom. The summed E-state index contributed by atoms with van der Waals surface area (Å²) in [7, 11) is 0. The largest absolute Gasteiger partial charge is 0.370 e. The fourth-order valence-corrected chi connectivity index (χ4v) is 2.26. The molecule has 1 fully saturated rings. The molecule has 1 saturated carbocycles. The molecule has 0 radical (unpaired) electrons. The first-order chi connectivity index (χ1) is 8.16. The van der Waals surface area contributed by atoms with Gasteiger partial charge in [0.1, 0.15) is 12.9 Å². The van der Waals surface area contributed by atoms with E-state index in [-0.39, 0.29) is 0 Å². The molecule has 96 valence electrons. The van der Waals surface area contributed by atoms with Gasteiger partial charge in [-0.3, -0.25) is 0 Å². The first kappa shape index (κ1) is 12.5. The molecule has 5 heteroatoms. The monoisotopic (exact) mass is 238 g/mol. The summed E-state index contributed by atoms with van der Waals surface area (Å²) >= 11 is 0. The van der Waals surface area contributed by atoms with Gasteiger partial charge in [0.05, 0.1) is 6.10 Å². The highest BCUT2D eigenvalue weighted by Crippen LogP contribution is 2.20. The van der Waals surface area contributed by atoms with Crippen molar-refractivity contribution in [2.75, 3.05) is 0 Å². The molecule has 1 aromatic heterocycles.